The van der Waals surface area contributed by atoms with E-state index in [0.717, 1.165) is 16.6 Å². The number of nitrogens with one attached hydrogen (secondary N) is 2. The fourth-order valence-corrected chi connectivity index (χ4v) is 3.91. The Morgan fingerprint density at radius 3 is 3.00 bits per heavy atom. The molecule has 1 atom stereocenters. The summed E-state index contributed by atoms with van der Waals surface area (Å²) in [5.41, 5.74) is 5.40. The molecule has 1 aliphatic carbocycles. The van der Waals surface area contributed by atoms with Crippen molar-refractivity contribution in [2.75, 3.05) is 13.7 Å². The predicted molar refractivity (Wildman–Crippen MR) is 114 cm³/mol. The molecule has 2 N–H and O–H groups in total. The Balaban J connectivity index is 1.57. The first-order chi connectivity index (χ1) is 14.5. The fourth-order valence-electron chi connectivity index (χ4n) is 3.91. The quantitative estimate of drug-likeness (QED) is 0.514. The molecule has 1 amide bonds. The predicted octanol–water partition coefficient (Wildman–Crippen LogP) is 3.15. The van der Waals surface area contributed by atoms with Crippen LogP contribution in [-0.2, 0) is 11.8 Å². The molecule has 5 rings (SSSR count). The number of aromatic nitrogens is 5. The van der Waals surface area contributed by atoms with Crippen LogP contribution in [0.25, 0.3) is 33.5 Å². The van der Waals surface area contributed by atoms with E-state index in [9.17, 15) is 4.79 Å². The van der Waals surface area contributed by atoms with E-state index in [-0.39, 0.29) is 11.9 Å². The molecule has 8 heteroatoms. The summed E-state index contributed by atoms with van der Waals surface area (Å²) < 4.78 is 6.96. The van der Waals surface area contributed by atoms with Crippen LogP contribution < -0.4 is 5.32 Å². The topological polar surface area (TPSA) is 97.7 Å². The molecule has 0 saturated heterocycles. The molecule has 8 nitrogen and oxygen atoms in total. The Labute approximate surface area is 173 Å². The van der Waals surface area contributed by atoms with Crippen molar-refractivity contribution in [2.45, 2.75) is 31.7 Å². The van der Waals surface area contributed by atoms with Crippen molar-refractivity contribution < 1.29 is 9.53 Å². The van der Waals surface area contributed by atoms with Crippen LogP contribution in [0.2, 0.25) is 0 Å². The summed E-state index contributed by atoms with van der Waals surface area (Å²) in [6.07, 6.45) is 5.84. The van der Waals surface area contributed by atoms with Crippen LogP contribution in [0.3, 0.4) is 0 Å². The Morgan fingerprint density at radius 2 is 2.23 bits per heavy atom. The van der Waals surface area contributed by atoms with Gasteiger partial charge in [-0.2, -0.15) is 5.10 Å². The lowest BCUT2D eigenvalue weighted by Crippen LogP contribution is -2.35. The number of hydrogen-bond acceptors (Lipinski definition) is 5. The van der Waals surface area contributed by atoms with Gasteiger partial charge >= 0.3 is 0 Å². The highest BCUT2D eigenvalue weighted by Crippen LogP contribution is 2.41. The van der Waals surface area contributed by atoms with E-state index in [1.807, 2.05) is 18.7 Å². The number of fused-ring (bicyclic) bond motifs is 2. The van der Waals surface area contributed by atoms with E-state index < -0.39 is 0 Å². The molecule has 154 valence electrons. The highest BCUT2D eigenvalue weighted by atomic mass is 16.5. The molecule has 0 bridgehead atoms. The Morgan fingerprint density at radius 1 is 1.40 bits per heavy atom. The molecule has 1 aromatic carbocycles. The Hall–Kier alpha value is -3.26. The molecule has 3 aromatic heterocycles. The Kier molecular flexibility index (Phi) is 4.51. The van der Waals surface area contributed by atoms with Crippen LogP contribution in [-0.4, -0.2) is 50.4 Å². The molecule has 1 aliphatic rings. The molecule has 4 aromatic rings. The van der Waals surface area contributed by atoms with Crippen LogP contribution in [0.5, 0.6) is 0 Å². The molecular formula is C22H24N6O2. The average Bonchev–Trinajstić information content (AvgIpc) is 3.42. The van der Waals surface area contributed by atoms with Crippen molar-refractivity contribution in [3.05, 3.63) is 41.7 Å². The van der Waals surface area contributed by atoms with Crippen LogP contribution in [0, 0.1) is 0 Å². The van der Waals surface area contributed by atoms with Crippen LogP contribution in [0.15, 0.2) is 30.6 Å². The van der Waals surface area contributed by atoms with Gasteiger partial charge in [-0.3, -0.25) is 9.48 Å². The fraction of sp³-hybridized carbons (Fsp3) is 0.364. The molecule has 0 unspecified atom stereocenters. The second-order valence-corrected chi connectivity index (χ2v) is 8.01. The van der Waals surface area contributed by atoms with Crippen LogP contribution >= 0.6 is 0 Å². The van der Waals surface area contributed by atoms with Gasteiger partial charge in [-0.1, -0.05) is 6.07 Å². The number of carbonyl (C=O) groups is 1. The molecule has 30 heavy (non-hydrogen) atoms. The highest BCUT2D eigenvalue weighted by molar-refractivity contribution is 6.05. The molecule has 0 radical (unpaired) electrons. The van der Waals surface area contributed by atoms with E-state index in [4.69, 9.17) is 14.8 Å². The number of carbonyl (C=O) groups excluding carboxylic acids is 1. The number of hydrogen-bond donors (Lipinski definition) is 2. The summed E-state index contributed by atoms with van der Waals surface area (Å²) >= 11 is 0. The SMILES string of the molecule is COC[C@H](C)NC(=O)c1c[nH]c2ncc(-c3nn(C)c4ccc(C5CC5)cc34)nc12. The lowest BCUT2D eigenvalue weighted by atomic mass is 10.1. The summed E-state index contributed by atoms with van der Waals surface area (Å²) in [6, 6.07) is 6.43. The molecule has 1 saturated carbocycles. The van der Waals surface area contributed by atoms with Gasteiger partial charge in [0.25, 0.3) is 5.91 Å². The van der Waals surface area contributed by atoms with Gasteiger partial charge in [0.15, 0.2) is 5.65 Å². The zero-order valence-corrected chi connectivity index (χ0v) is 17.3. The zero-order valence-electron chi connectivity index (χ0n) is 17.3. The minimum Gasteiger partial charge on any atom is -0.383 e. The number of aryl methyl sites for hydroxylation is 1. The maximum absolute atomic E-state index is 12.7. The minimum atomic E-state index is -0.209. The molecule has 3 heterocycles. The monoisotopic (exact) mass is 404 g/mol. The van der Waals surface area contributed by atoms with Gasteiger partial charge in [0.2, 0.25) is 0 Å². The summed E-state index contributed by atoms with van der Waals surface area (Å²) in [6.45, 7) is 2.33. The summed E-state index contributed by atoms with van der Waals surface area (Å²) in [7, 11) is 3.54. The summed E-state index contributed by atoms with van der Waals surface area (Å²) in [5.74, 6) is 0.448. The van der Waals surface area contributed by atoms with Crippen molar-refractivity contribution in [1.82, 2.24) is 30.0 Å². The maximum Gasteiger partial charge on any atom is 0.255 e. The first-order valence-electron chi connectivity index (χ1n) is 10.2. The third-order valence-corrected chi connectivity index (χ3v) is 5.59. The van der Waals surface area contributed by atoms with E-state index in [0.29, 0.717) is 34.9 Å². The third-order valence-electron chi connectivity index (χ3n) is 5.59. The Bertz CT molecular complexity index is 1250. The van der Waals surface area contributed by atoms with Gasteiger partial charge in [0, 0.05) is 31.8 Å². The molecular weight excluding hydrogens is 380 g/mol. The molecule has 0 aliphatic heterocycles. The second kappa shape index (κ2) is 7.21. The highest BCUT2D eigenvalue weighted by Gasteiger charge is 2.25. The number of amides is 1. The van der Waals surface area contributed by atoms with E-state index in [1.54, 1.807) is 19.5 Å². The first kappa shape index (κ1) is 18.7. The lowest BCUT2D eigenvalue weighted by molar-refractivity contribution is 0.0907. The van der Waals surface area contributed by atoms with Gasteiger partial charge in [-0.05, 0) is 43.4 Å². The number of nitrogens with zero attached hydrogens (tertiary/aromatic N) is 4. The standard InChI is InChI=1S/C22H24N6O2/c1-12(11-30-3)25-22(29)16-9-23-21-20(16)26-17(10-24-21)19-15-8-14(13-4-5-13)6-7-18(15)28(2)27-19/h6-10,12-13H,4-5,11H2,1-3H3,(H,23,24)(H,25,29)/t12-/m0/s1. The lowest BCUT2D eigenvalue weighted by Gasteiger charge is -2.11. The minimum absolute atomic E-state index is 0.107. The van der Waals surface area contributed by atoms with Crippen molar-refractivity contribution in [3.8, 4) is 11.4 Å². The number of H-pyrrole nitrogens is 1. The first-order valence-corrected chi connectivity index (χ1v) is 10.2. The second-order valence-electron chi connectivity index (χ2n) is 8.01. The maximum atomic E-state index is 12.7. The third kappa shape index (κ3) is 3.23. The number of ether oxygens (including phenoxy) is 1. The average molecular weight is 404 g/mol. The van der Waals surface area contributed by atoms with Gasteiger partial charge in [-0.15, -0.1) is 0 Å². The zero-order chi connectivity index (χ0) is 20.8. The van der Waals surface area contributed by atoms with Crippen molar-refractivity contribution in [2.24, 2.45) is 7.05 Å². The van der Waals surface area contributed by atoms with Gasteiger partial charge in [-0.25, -0.2) is 9.97 Å². The van der Waals surface area contributed by atoms with Gasteiger partial charge < -0.3 is 15.0 Å². The largest absolute Gasteiger partial charge is 0.383 e. The number of methoxy groups -OCH3 is 1. The van der Waals surface area contributed by atoms with E-state index in [1.165, 1.54) is 18.4 Å². The number of benzene rings is 1. The molecule has 0 spiro atoms. The van der Waals surface area contributed by atoms with E-state index >= 15 is 0 Å². The summed E-state index contributed by atoms with van der Waals surface area (Å²) in [4.78, 5) is 25.0. The summed E-state index contributed by atoms with van der Waals surface area (Å²) in [5, 5.41) is 8.69. The normalized spacial score (nSPS) is 15.0. The van der Waals surface area contributed by atoms with Crippen molar-refractivity contribution in [1.29, 1.82) is 0 Å². The number of aromatic amines is 1. The van der Waals surface area contributed by atoms with E-state index in [2.05, 4.69) is 33.5 Å². The van der Waals surface area contributed by atoms with Gasteiger partial charge in [0.05, 0.1) is 23.9 Å². The molecule has 1 fully saturated rings. The van der Waals surface area contributed by atoms with Crippen LogP contribution in [0.4, 0.5) is 0 Å². The van der Waals surface area contributed by atoms with Gasteiger partial charge in [0.1, 0.15) is 16.9 Å². The van der Waals surface area contributed by atoms with Crippen molar-refractivity contribution in [3.63, 3.8) is 0 Å². The number of rotatable bonds is 6. The smallest absolute Gasteiger partial charge is 0.255 e. The van der Waals surface area contributed by atoms with Crippen LogP contribution in [0.1, 0.15) is 41.6 Å². The van der Waals surface area contributed by atoms with Crippen molar-refractivity contribution >= 4 is 28.0 Å².